The van der Waals surface area contributed by atoms with Gasteiger partial charge in [0.05, 0.1) is 11.8 Å². The predicted molar refractivity (Wildman–Crippen MR) is 96.2 cm³/mol. The van der Waals surface area contributed by atoms with Crippen LogP contribution in [0, 0.1) is 0 Å². The van der Waals surface area contributed by atoms with E-state index in [2.05, 4.69) is 5.32 Å². The molecular weight excluding hydrogens is 346 g/mol. The number of fused-ring (bicyclic) bond motifs is 1. The molecule has 126 valence electrons. The number of hydrogen-bond acceptors (Lipinski definition) is 4. The summed E-state index contributed by atoms with van der Waals surface area (Å²) >= 11 is 7.45. The second-order valence-corrected chi connectivity index (χ2v) is 6.92. The molecule has 0 saturated heterocycles. The molecule has 2 aromatic carbocycles. The Balaban J connectivity index is 1.54. The van der Waals surface area contributed by atoms with Crippen molar-refractivity contribution in [1.29, 1.82) is 0 Å². The van der Waals surface area contributed by atoms with E-state index in [0.29, 0.717) is 24.0 Å². The molecule has 0 radical (unpaired) electrons. The van der Waals surface area contributed by atoms with Crippen LogP contribution in [-0.4, -0.2) is 24.9 Å². The van der Waals surface area contributed by atoms with Gasteiger partial charge in [0.2, 0.25) is 5.91 Å². The van der Waals surface area contributed by atoms with Crippen molar-refractivity contribution >= 4 is 29.3 Å². The first-order valence-corrected chi connectivity index (χ1v) is 9.05. The SMILES string of the molecule is CC(NC(=O)CSc1ccc2c(c1)OCCO2)c1cccc(Cl)c1. The fourth-order valence-corrected chi connectivity index (χ4v) is 3.34. The number of carbonyl (C=O) groups is 1. The fourth-order valence-electron chi connectivity index (χ4n) is 2.40. The van der Waals surface area contributed by atoms with Gasteiger partial charge in [0.15, 0.2) is 11.5 Å². The van der Waals surface area contributed by atoms with Crippen molar-refractivity contribution in [3.05, 3.63) is 53.1 Å². The number of benzene rings is 2. The number of ether oxygens (including phenoxy) is 2. The van der Waals surface area contributed by atoms with Crippen LogP contribution in [-0.2, 0) is 4.79 Å². The van der Waals surface area contributed by atoms with Crippen LogP contribution >= 0.6 is 23.4 Å². The summed E-state index contributed by atoms with van der Waals surface area (Å²) in [7, 11) is 0. The molecule has 4 nitrogen and oxygen atoms in total. The van der Waals surface area contributed by atoms with Gasteiger partial charge in [0.25, 0.3) is 0 Å². The van der Waals surface area contributed by atoms with Crippen molar-refractivity contribution in [2.45, 2.75) is 17.9 Å². The van der Waals surface area contributed by atoms with Crippen LogP contribution in [0.4, 0.5) is 0 Å². The van der Waals surface area contributed by atoms with E-state index >= 15 is 0 Å². The summed E-state index contributed by atoms with van der Waals surface area (Å²) in [6.07, 6.45) is 0. The number of rotatable bonds is 5. The average Bonchev–Trinajstić information content (AvgIpc) is 2.59. The molecule has 1 N–H and O–H groups in total. The van der Waals surface area contributed by atoms with E-state index in [-0.39, 0.29) is 11.9 Å². The van der Waals surface area contributed by atoms with Gasteiger partial charge in [0, 0.05) is 9.92 Å². The molecule has 6 heteroatoms. The number of carbonyl (C=O) groups excluding carboxylic acids is 1. The Morgan fingerprint density at radius 3 is 2.79 bits per heavy atom. The molecule has 1 amide bonds. The zero-order valence-electron chi connectivity index (χ0n) is 13.3. The lowest BCUT2D eigenvalue weighted by atomic mass is 10.1. The van der Waals surface area contributed by atoms with Gasteiger partial charge in [-0.1, -0.05) is 23.7 Å². The lowest BCUT2D eigenvalue weighted by Gasteiger charge is -2.19. The summed E-state index contributed by atoms with van der Waals surface area (Å²) in [6, 6.07) is 13.1. The van der Waals surface area contributed by atoms with Gasteiger partial charge in [-0.2, -0.15) is 0 Å². The Morgan fingerprint density at radius 2 is 2.00 bits per heavy atom. The highest BCUT2D eigenvalue weighted by Gasteiger charge is 2.14. The summed E-state index contributed by atoms with van der Waals surface area (Å²) < 4.78 is 11.0. The molecule has 3 rings (SSSR count). The highest BCUT2D eigenvalue weighted by molar-refractivity contribution is 8.00. The summed E-state index contributed by atoms with van der Waals surface area (Å²) in [4.78, 5) is 13.1. The fraction of sp³-hybridized carbons (Fsp3) is 0.278. The number of halogens is 1. The Morgan fingerprint density at radius 1 is 1.21 bits per heavy atom. The van der Waals surface area contributed by atoms with Gasteiger partial charge in [-0.05, 0) is 42.8 Å². The molecule has 24 heavy (non-hydrogen) atoms. The van der Waals surface area contributed by atoms with Crippen molar-refractivity contribution in [1.82, 2.24) is 5.32 Å². The van der Waals surface area contributed by atoms with Crippen LogP contribution in [0.2, 0.25) is 5.02 Å². The second kappa shape index (κ2) is 7.81. The van der Waals surface area contributed by atoms with Crippen molar-refractivity contribution in [3.63, 3.8) is 0 Å². The summed E-state index contributed by atoms with van der Waals surface area (Å²) in [5.41, 5.74) is 0.986. The molecule has 1 unspecified atom stereocenters. The minimum Gasteiger partial charge on any atom is -0.486 e. The van der Waals surface area contributed by atoms with E-state index in [1.165, 1.54) is 11.8 Å². The lowest BCUT2D eigenvalue weighted by Crippen LogP contribution is -2.28. The van der Waals surface area contributed by atoms with Gasteiger partial charge >= 0.3 is 0 Å². The second-order valence-electron chi connectivity index (χ2n) is 5.44. The molecule has 0 aromatic heterocycles. The van der Waals surface area contributed by atoms with E-state index in [4.69, 9.17) is 21.1 Å². The number of hydrogen-bond donors (Lipinski definition) is 1. The van der Waals surface area contributed by atoms with E-state index < -0.39 is 0 Å². The van der Waals surface area contributed by atoms with Crippen LogP contribution in [0.25, 0.3) is 0 Å². The molecular formula is C18H18ClNO3S. The average molecular weight is 364 g/mol. The minimum absolute atomic E-state index is 0.0256. The zero-order chi connectivity index (χ0) is 16.9. The third-order valence-electron chi connectivity index (χ3n) is 3.61. The van der Waals surface area contributed by atoms with E-state index in [0.717, 1.165) is 22.0 Å². The maximum absolute atomic E-state index is 12.2. The van der Waals surface area contributed by atoms with Crippen LogP contribution in [0.1, 0.15) is 18.5 Å². The van der Waals surface area contributed by atoms with Gasteiger partial charge in [-0.25, -0.2) is 0 Å². The molecule has 1 aliphatic rings. The zero-order valence-corrected chi connectivity index (χ0v) is 14.8. The van der Waals surface area contributed by atoms with Crippen molar-refractivity contribution < 1.29 is 14.3 Å². The quantitative estimate of drug-likeness (QED) is 0.813. The minimum atomic E-state index is -0.0860. The molecule has 1 atom stereocenters. The van der Waals surface area contributed by atoms with Crippen LogP contribution in [0.3, 0.4) is 0 Å². The van der Waals surface area contributed by atoms with Crippen LogP contribution in [0.15, 0.2) is 47.4 Å². The first-order chi connectivity index (χ1) is 11.6. The maximum atomic E-state index is 12.2. The van der Waals surface area contributed by atoms with E-state index in [9.17, 15) is 4.79 Å². The third-order valence-corrected chi connectivity index (χ3v) is 4.84. The molecule has 0 fully saturated rings. The Bertz CT molecular complexity index is 738. The first kappa shape index (κ1) is 17.0. The Labute approximate surface area is 150 Å². The molecule has 0 bridgehead atoms. The van der Waals surface area contributed by atoms with Crippen molar-refractivity contribution in [2.75, 3.05) is 19.0 Å². The molecule has 0 spiro atoms. The summed E-state index contributed by atoms with van der Waals surface area (Å²) in [6.45, 7) is 3.07. The number of nitrogens with one attached hydrogen (secondary N) is 1. The van der Waals surface area contributed by atoms with E-state index in [1.807, 2.05) is 49.4 Å². The highest BCUT2D eigenvalue weighted by Crippen LogP contribution is 2.34. The van der Waals surface area contributed by atoms with Gasteiger partial charge in [-0.15, -0.1) is 11.8 Å². The van der Waals surface area contributed by atoms with Gasteiger partial charge in [-0.3, -0.25) is 4.79 Å². The van der Waals surface area contributed by atoms with E-state index in [1.54, 1.807) is 0 Å². The summed E-state index contributed by atoms with van der Waals surface area (Å²) in [5.74, 6) is 1.80. The third kappa shape index (κ3) is 4.36. The summed E-state index contributed by atoms with van der Waals surface area (Å²) in [5, 5.41) is 3.65. The van der Waals surface area contributed by atoms with Crippen LogP contribution < -0.4 is 14.8 Å². The normalized spacial score (nSPS) is 14.1. The first-order valence-electron chi connectivity index (χ1n) is 7.69. The number of amides is 1. The molecule has 2 aromatic rings. The smallest absolute Gasteiger partial charge is 0.230 e. The lowest BCUT2D eigenvalue weighted by molar-refractivity contribution is -0.119. The van der Waals surface area contributed by atoms with Crippen molar-refractivity contribution in [3.8, 4) is 11.5 Å². The topological polar surface area (TPSA) is 47.6 Å². The Hall–Kier alpha value is -1.85. The predicted octanol–water partition coefficient (Wildman–Crippen LogP) is 4.08. The number of thioether (sulfide) groups is 1. The van der Waals surface area contributed by atoms with Gasteiger partial charge in [0.1, 0.15) is 13.2 Å². The maximum Gasteiger partial charge on any atom is 0.230 e. The Kier molecular flexibility index (Phi) is 5.53. The molecule has 1 heterocycles. The molecule has 0 saturated carbocycles. The standard InChI is InChI=1S/C18H18ClNO3S/c1-12(13-3-2-4-14(19)9-13)20-18(21)11-24-15-5-6-16-17(10-15)23-8-7-22-16/h2-6,9-10,12H,7-8,11H2,1H3,(H,20,21). The highest BCUT2D eigenvalue weighted by atomic mass is 35.5. The van der Waals surface area contributed by atoms with Crippen molar-refractivity contribution in [2.24, 2.45) is 0 Å². The monoisotopic (exact) mass is 363 g/mol. The molecule has 0 aliphatic carbocycles. The van der Waals surface area contributed by atoms with Gasteiger partial charge < -0.3 is 14.8 Å². The largest absolute Gasteiger partial charge is 0.486 e. The van der Waals surface area contributed by atoms with Crippen LogP contribution in [0.5, 0.6) is 11.5 Å². The molecule has 1 aliphatic heterocycles.